The Morgan fingerprint density at radius 1 is 0.941 bits per heavy atom. The predicted molar refractivity (Wildman–Crippen MR) is 122 cm³/mol. The smallest absolute Gasteiger partial charge is 0.362 e. The second kappa shape index (κ2) is 10.6. The van der Waals surface area contributed by atoms with Gasteiger partial charge in [0, 0.05) is 23.8 Å². The van der Waals surface area contributed by atoms with Crippen molar-refractivity contribution in [3.63, 3.8) is 0 Å². The fourth-order valence-corrected chi connectivity index (χ4v) is 2.93. The van der Waals surface area contributed by atoms with E-state index >= 15 is 0 Å². The Hall–Kier alpha value is -4.93. The highest BCUT2D eigenvalue weighted by Crippen LogP contribution is 2.33. The summed E-state index contributed by atoms with van der Waals surface area (Å²) in [5.74, 6) is -1.67. The van der Waals surface area contributed by atoms with Crippen LogP contribution >= 0.6 is 0 Å². The number of non-ortho nitro benzene ring substituents is 1. The van der Waals surface area contributed by atoms with Crippen LogP contribution in [0.2, 0.25) is 0 Å². The minimum Gasteiger partial charge on any atom is -0.505 e. The van der Waals surface area contributed by atoms with Crippen molar-refractivity contribution >= 4 is 28.8 Å². The molecule has 11 nitrogen and oxygen atoms in total. The second-order valence-corrected chi connectivity index (χ2v) is 6.75. The summed E-state index contributed by atoms with van der Waals surface area (Å²) in [6.07, 6.45) is 0. The molecule has 0 saturated heterocycles. The molecule has 0 aliphatic carbocycles. The van der Waals surface area contributed by atoms with E-state index in [2.05, 4.69) is 10.2 Å². The number of carbonyl (C=O) groups excluding carboxylic acids is 1. The van der Waals surface area contributed by atoms with E-state index in [4.69, 9.17) is 4.74 Å². The van der Waals surface area contributed by atoms with Crippen molar-refractivity contribution in [3.8, 4) is 11.1 Å². The molecular formula is C23H18N4O7. The third-order valence-corrected chi connectivity index (χ3v) is 4.58. The number of nitro benzene ring substituents is 2. The van der Waals surface area contributed by atoms with Crippen LogP contribution in [0.3, 0.4) is 0 Å². The summed E-state index contributed by atoms with van der Waals surface area (Å²) >= 11 is 0. The topological polar surface area (TPSA) is 158 Å². The molecule has 0 fully saturated rings. The van der Waals surface area contributed by atoms with Crippen LogP contribution < -0.4 is 0 Å². The Bertz CT molecular complexity index is 1290. The molecule has 0 heterocycles. The minimum absolute atomic E-state index is 0.0304. The van der Waals surface area contributed by atoms with E-state index in [1.165, 1.54) is 24.3 Å². The highest BCUT2D eigenvalue weighted by atomic mass is 16.6. The molecule has 3 aromatic rings. The summed E-state index contributed by atoms with van der Waals surface area (Å²) in [6.45, 7) is 1.51. The summed E-state index contributed by atoms with van der Waals surface area (Å²) in [4.78, 5) is 33.6. The Balaban J connectivity index is 2.04. The summed E-state index contributed by atoms with van der Waals surface area (Å²) in [5, 5.41) is 40.6. The first-order valence-corrected chi connectivity index (χ1v) is 9.92. The number of hydrogen-bond donors (Lipinski definition) is 1. The number of esters is 1. The molecule has 0 aromatic heterocycles. The zero-order valence-electron chi connectivity index (χ0n) is 17.8. The van der Waals surface area contributed by atoms with E-state index in [1.807, 2.05) is 6.07 Å². The summed E-state index contributed by atoms with van der Waals surface area (Å²) in [7, 11) is 0. The first-order valence-electron chi connectivity index (χ1n) is 9.92. The van der Waals surface area contributed by atoms with Crippen molar-refractivity contribution in [2.24, 2.45) is 10.2 Å². The number of rotatable bonds is 8. The number of ether oxygens (including phenoxy) is 1. The van der Waals surface area contributed by atoms with E-state index in [-0.39, 0.29) is 29.2 Å². The Labute approximate surface area is 193 Å². The number of hydrogen-bond acceptors (Lipinski definition) is 9. The van der Waals surface area contributed by atoms with Crippen LogP contribution in [0.5, 0.6) is 0 Å². The van der Waals surface area contributed by atoms with Gasteiger partial charge in [-0.15, -0.1) is 10.2 Å². The molecule has 1 N–H and O–H groups in total. The van der Waals surface area contributed by atoms with E-state index in [0.29, 0.717) is 5.56 Å². The van der Waals surface area contributed by atoms with Crippen LogP contribution in [0.25, 0.3) is 16.9 Å². The highest BCUT2D eigenvalue weighted by molar-refractivity contribution is 5.95. The maximum absolute atomic E-state index is 12.4. The van der Waals surface area contributed by atoms with Gasteiger partial charge in [-0.3, -0.25) is 20.2 Å². The van der Waals surface area contributed by atoms with Gasteiger partial charge in [0.1, 0.15) is 0 Å². The van der Waals surface area contributed by atoms with Crippen molar-refractivity contribution in [2.75, 3.05) is 6.61 Å². The molecule has 3 rings (SSSR count). The third-order valence-electron chi connectivity index (χ3n) is 4.58. The van der Waals surface area contributed by atoms with Crippen molar-refractivity contribution < 1.29 is 24.5 Å². The number of aliphatic hydroxyl groups excluding tert-OH is 1. The van der Waals surface area contributed by atoms with Crippen LogP contribution in [0, 0.1) is 20.2 Å². The molecule has 0 aliphatic rings. The maximum Gasteiger partial charge on any atom is 0.362 e. The Morgan fingerprint density at radius 3 is 2.21 bits per heavy atom. The van der Waals surface area contributed by atoms with Gasteiger partial charge < -0.3 is 9.84 Å². The van der Waals surface area contributed by atoms with Gasteiger partial charge in [0.25, 0.3) is 11.4 Å². The molecule has 0 unspecified atom stereocenters. The number of carbonyl (C=O) groups is 1. The van der Waals surface area contributed by atoms with Crippen LogP contribution in [-0.4, -0.2) is 27.5 Å². The second-order valence-electron chi connectivity index (χ2n) is 6.75. The van der Waals surface area contributed by atoms with Gasteiger partial charge in [-0.25, -0.2) is 4.79 Å². The fourth-order valence-electron chi connectivity index (χ4n) is 2.93. The number of aliphatic hydroxyl groups is 1. The number of benzene rings is 3. The lowest BCUT2D eigenvalue weighted by Gasteiger charge is -2.06. The lowest BCUT2D eigenvalue weighted by molar-refractivity contribution is -0.384. The molecule has 172 valence electrons. The summed E-state index contributed by atoms with van der Waals surface area (Å²) in [5.41, 5.74) is 0.0490. The molecule has 0 saturated carbocycles. The van der Waals surface area contributed by atoms with Gasteiger partial charge >= 0.3 is 5.97 Å². The fraction of sp³-hybridized carbons (Fsp3) is 0.0870. The minimum atomic E-state index is -1.02. The highest BCUT2D eigenvalue weighted by Gasteiger charge is 2.21. The van der Waals surface area contributed by atoms with Crippen molar-refractivity contribution in [2.45, 2.75) is 6.92 Å². The van der Waals surface area contributed by atoms with Crippen molar-refractivity contribution in [1.82, 2.24) is 0 Å². The summed E-state index contributed by atoms with van der Waals surface area (Å²) in [6, 6.07) is 18.0. The molecule has 0 amide bonds. The van der Waals surface area contributed by atoms with E-state index < -0.39 is 27.3 Å². The van der Waals surface area contributed by atoms with Gasteiger partial charge in [0.05, 0.1) is 16.5 Å². The average Bonchev–Trinajstić information content (AvgIpc) is 2.84. The zero-order chi connectivity index (χ0) is 24.7. The van der Waals surface area contributed by atoms with Crippen LogP contribution in [0.1, 0.15) is 12.5 Å². The first kappa shape index (κ1) is 23.7. The van der Waals surface area contributed by atoms with Gasteiger partial charge in [-0.05, 0) is 36.2 Å². The van der Waals surface area contributed by atoms with Crippen molar-refractivity contribution in [3.05, 3.63) is 104 Å². The molecule has 3 aromatic carbocycles. The van der Waals surface area contributed by atoms with Crippen LogP contribution in [0.15, 0.2) is 88.7 Å². The number of nitro groups is 2. The molecule has 0 spiro atoms. The molecule has 34 heavy (non-hydrogen) atoms. The third kappa shape index (κ3) is 5.46. The van der Waals surface area contributed by atoms with E-state index in [9.17, 15) is 30.1 Å². The van der Waals surface area contributed by atoms with Gasteiger partial charge in [-0.2, -0.15) is 0 Å². The molecule has 11 heteroatoms. The number of nitrogens with zero attached hydrogens (tertiary/aromatic N) is 4. The molecule has 0 bridgehead atoms. The monoisotopic (exact) mass is 462 g/mol. The lowest BCUT2D eigenvalue weighted by atomic mass is 10.0. The lowest BCUT2D eigenvalue weighted by Crippen LogP contribution is -2.08. The van der Waals surface area contributed by atoms with Gasteiger partial charge in [0.2, 0.25) is 5.70 Å². The quantitative estimate of drug-likeness (QED) is 0.112. The van der Waals surface area contributed by atoms with E-state index in [0.717, 1.165) is 17.7 Å². The van der Waals surface area contributed by atoms with E-state index in [1.54, 1.807) is 37.3 Å². The normalized spacial score (nSPS) is 11.7. The standard InChI is InChI=1S/C23H18N4O7/c1-2-34-23(29)21(22(28)16-8-11-18(12-9-16)26(30)31)25-24-19-13-10-17(14-20(19)27(32)33)15-6-4-3-5-7-15/h3-14,28H,2H2,1H3/b22-21+,25-24?. The van der Waals surface area contributed by atoms with Gasteiger partial charge in [0.15, 0.2) is 11.4 Å². The molecule has 0 atom stereocenters. The Kier molecular flexibility index (Phi) is 7.39. The predicted octanol–water partition coefficient (Wildman–Crippen LogP) is 5.74. The Morgan fingerprint density at radius 2 is 1.62 bits per heavy atom. The first-order chi connectivity index (χ1) is 16.3. The summed E-state index contributed by atoms with van der Waals surface area (Å²) < 4.78 is 4.90. The maximum atomic E-state index is 12.4. The van der Waals surface area contributed by atoms with Crippen LogP contribution in [0.4, 0.5) is 17.1 Å². The zero-order valence-corrected chi connectivity index (χ0v) is 17.8. The molecule has 0 radical (unpaired) electrons. The largest absolute Gasteiger partial charge is 0.505 e. The number of azo groups is 1. The average molecular weight is 462 g/mol. The molecular weight excluding hydrogens is 444 g/mol. The molecule has 0 aliphatic heterocycles. The SMILES string of the molecule is CCOC(=O)/C(N=Nc1ccc(-c2ccccc2)cc1[N+](=O)[O-])=C(\O)c1ccc([N+](=O)[O-])cc1. The van der Waals surface area contributed by atoms with Gasteiger partial charge in [-0.1, -0.05) is 36.4 Å². The van der Waals surface area contributed by atoms with Crippen LogP contribution in [-0.2, 0) is 9.53 Å². The van der Waals surface area contributed by atoms with Crippen molar-refractivity contribution in [1.29, 1.82) is 0 Å².